The van der Waals surface area contributed by atoms with Gasteiger partial charge in [-0.15, -0.1) is 16.4 Å². The fraction of sp³-hybridized carbons (Fsp3) is 0.294. The van der Waals surface area contributed by atoms with Gasteiger partial charge < -0.3 is 9.84 Å². The molecular formula is C17H18N4O3S. The van der Waals surface area contributed by atoms with Gasteiger partial charge in [-0.3, -0.25) is 4.68 Å². The molecule has 0 radical (unpaired) electrons. The molecule has 8 heteroatoms. The molecule has 3 aromatic rings. The van der Waals surface area contributed by atoms with E-state index in [1.165, 1.54) is 22.3 Å². The Balaban J connectivity index is 1.41. The van der Waals surface area contributed by atoms with Crippen LogP contribution in [0.1, 0.15) is 33.9 Å². The number of aromatic carboxylic acids is 1. The van der Waals surface area contributed by atoms with Gasteiger partial charge in [0.05, 0.1) is 6.20 Å². The standard InChI is InChI=1S/C17H18N4O3S/c22-17(23)15-12-25-16(19-15)11-24-14-6-4-13(5-7-14)3-1-2-9-21-10-8-18-20-21/h4-8,10,12H,1-3,9,11H2,(H,22,23). The Hall–Kier alpha value is -2.74. The average Bonchev–Trinajstić information content (AvgIpc) is 3.30. The van der Waals surface area contributed by atoms with Crippen LogP contribution in [0.2, 0.25) is 0 Å². The third-order valence-electron chi connectivity index (χ3n) is 3.63. The zero-order valence-electron chi connectivity index (χ0n) is 13.5. The number of aromatic nitrogens is 4. The monoisotopic (exact) mass is 358 g/mol. The molecule has 1 N–H and O–H groups in total. The second kappa shape index (κ2) is 8.39. The number of ether oxygens (including phenoxy) is 1. The number of nitrogens with zero attached hydrogens (tertiary/aromatic N) is 4. The highest BCUT2D eigenvalue weighted by molar-refractivity contribution is 7.09. The molecule has 0 aliphatic carbocycles. The molecule has 0 aliphatic heterocycles. The normalized spacial score (nSPS) is 10.7. The van der Waals surface area contributed by atoms with Crippen LogP contribution in [-0.2, 0) is 19.6 Å². The van der Waals surface area contributed by atoms with E-state index in [4.69, 9.17) is 9.84 Å². The van der Waals surface area contributed by atoms with Gasteiger partial charge in [0.1, 0.15) is 17.4 Å². The van der Waals surface area contributed by atoms with Crippen LogP contribution in [0.15, 0.2) is 42.0 Å². The van der Waals surface area contributed by atoms with E-state index in [0.29, 0.717) is 5.01 Å². The number of aryl methyl sites for hydroxylation is 2. The third-order valence-corrected chi connectivity index (χ3v) is 4.45. The Morgan fingerprint density at radius 1 is 1.24 bits per heavy atom. The number of unbranched alkanes of at least 4 members (excludes halogenated alkanes) is 1. The van der Waals surface area contributed by atoms with Gasteiger partial charge in [0.2, 0.25) is 0 Å². The number of carbonyl (C=O) groups is 1. The van der Waals surface area contributed by atoms with Gasteiger partial charge in [0.25, 0.3) is 0 Å². The Morgan fingerprint density at radius 2 is 2.08 bits per heavy atom. The van der Waals surface area contributed by atoms with Crippen LogP contribution in [0.25, 0.3) is 0 Å². The summed E-state index contributed by atoms with van der Waals surface area (Å²) < 4.78 is 7.49. The first-order chi connectivity index (χ1) is 12.2. The number of hydrogen-bond donors (Lipinski definition) is 1. The van der Waals surface area contributed by atoms with Crippen LogP contribution in [0, 0.1) is 0 Å². The summed E-state index contributed by atoms with van der Waals surface area (Å²) in [4.78, 5) is 14.8. The lowest BCUT2D eigenvalue weighted by Crippen LogP contribution is -2.00. The molecule has 0 atom stereocenters. The zero-order valence-corrected chi connectivity index (χ0v) is 14.4. The minimum absolute atomic E-state index is 0.0600. The molecule has 0 saturated carbocycles. The summed E-state index contributed by atoms with van der Waals surface area (Å²) in [6, 6.07) is 7.96. The number of rotatable bonds is 9. The second-order valence-electron chi connectivity index (χ2n) is 5.49. The van der Waals surface area contributed by atoms with E-state index < -0.39 is 5.97 Å². The van der Waals surface area contributed by atoms with Gasteiger partial charge in [-0.2, -0.15) is 0 Å². The minimum atomic E-state index is -1.02. The highest BCUT2D eigenvalue weighted by Crippen LogP contribution is 2.17. The molecule has 0 spiro atoms. The van der Waals surface area contributed by atoms with E-state index >= 15 is 0 Å². The van der Waals surface area contributed by atoms with Crippen molar-refractivity contribution in [1.82, 2.24) is 20.0 Å². The highest BCUT2D eigenvalue weighted by atomic mass is 32.1. The van der Waals surface area contributed by atoms with Crippen molar-refractivity contribution in [3.8, 4) is 5.75 Å². The summed E-state index contributed by atoms with van der Waals surface area (Å²) in [7, 11) is 0. The first kappa shape index (κ1) is 17.1. The molecule has 0 unspecified atom stereocenters. The predicted molar refractivity (Wildman–Crippen MR) is 92.8 cm³/mol. The molecule has 0 bridgehead atoms. The van der Waals surface area contributed by atoms with E-state index in [2.05, 4.69) is 27.4 Å². The van der Waals surface area contributed by atoms with Crippen LogP contribution < -0.4 is 4.74 Å². The van der Waals surface area contributed by atoms with E-state index in [9.17, 15) is 4.79 Å². The van der Waals surface area contributed by atoms with Gasteiger partial charge >= 0.3 is 5.97 Å². The first-order valence-electron chi connectivity index (χ1n) is 7.94. The van der Waals surface area contributed by atoms with Gasteiger partial charge in [-0.05, 0) is 37.0 Å². The Bertz CT molecular complexity index is 800. The summed E-state index contributed by atoms with van der Waals surface area (Å²) in [5.74, 6) is -0.269. The van der Waals surface area contributed by atoms with E-state index in [1.807, 2.05) is 23.0 Å². The van der Waals surface area contributed by atoms with Crippen LogP contribution in [-0.4, -0.2) is 31.1 Å². The van der Waals surface area contributed by atoms with Crippen molar-refractivity contribution in [2.24, 2.45) is 0 Å². The summed E-state index contributed by atoms with van der Waals surface area (Å²) in [6.07, 6.45) is 6.69. The number of thiazole rings is 1. The van der Waals surface area contributed by atoms with Crippen LogP contribution >= 0.6 is 11.3 Å². The molecule has 2 aromatic heterocycles. The molecule has 0 fully saturated rings. The van der Waals surface area contributed by atoms with Crippen molar-refractivity contribution in [3.05, 3.63) is 58.3 Å². The first-order valence-corrected chi connectivity index (χ1v) is 8.82. The molecule has 0 aliphatic rings. The van der Waals surface area contributed by atoms with Gasteiger partial charge in [-0.1, -0.05) is 17.3 Å². The van der Waals surface area contributed by atoms with E-state index in [0.717, 1.165) is 31.6 Å². The Kier molecular flexibility index (Phi) is 5.73. The Morgan fingerprint density at radius 3 is 2.76 bits per heavy atom. The highest BCUT2D eigenvalue weighted by Gasteiger charge is 2.08. The van der Waals surface area contributed by atoms with Crippen molar-refractivity contribution in [2.45, 2.75) is 32.4 Å². The smallest absolute Gasteiger partial charge is 0.355 e. The largest absolute Gasteiger partial charge is 0.486 e. The molecule has 1 aromatic carbocycles. The topological polar surface area (TPSA) is 90.1 Å². The van der Waals surface area contributed by atoms with Crippen molar-refractivity contribution in [1.29, 1.82) is 0 Å². The maximum atomic E-state index is 10.8. The molecule has 3 rings (SSSR count). The lowest BCUT2D eigenvalue weighted by Gasteiger charge is -2.06. The number of hydrogen-bond acceptors (Lipinski definition) is 6. The van der Waals surface area contributed by atoms with Gasteiger partial charge in [-0.25, -0.2) is 9.78 Å². The second-order valence-corrected chi connectivity index (χ2v) is 6.43. The van der Waals surface area contributed by atoms with Crippen LogP contribution in [0.3, 0.4) is 0 Å². The lowest BCUT2D eigenvalue weighted by atomic mass is 10.1. The summed E-state index contributed by atoms with van der Waals surface area (Å²) in [6.45, 7) is 1.16. The van der Waals surface area contributed by atoms with Gasteiger partial charge in [0.15, 0.2) is 5.69 Å². The molecular weight excluding hydrogens is 340 g/mol. The number of carboxylic acid groups (broad SMARTS) is 1. The summed E-state index contributed by atoms with van der Waals surface area (Å²) in [5, 5.41) is 18.7. The van der Waals surface area contributed by atoms with Crippen LogP contribution in [0.4, 0.5) is 0 Å². The zero-order chi connectivity index (χ0) is 17.5. The molecule has 7 nitrogen and oxygen atoms in total. The Labute approximate surface area is 148 Å². The fourth-order valence-corrected chi connectivity index (χ4v) is 3.01. The number of benzene rings is 1. The lowest BCUT2D eigenvalue weighted by molar-refractivity contribution is 0.0691. The van der Waals surface area contributed by atoms with Crippen molar-refractivity contribution in [3.63, 3.8) is 0 Å². The van der Waals surface area contributed by atoms with Crippen molar-refractivity contribution < 1.29 is 14.6 Å². The summed E-state index contributed by atoms with van der Waals surface area (Å²) in [5.41, 5.74) is 1.32. The van der Waals surface area contributed by atoms with Crippen molar-refractivity contribution in [2.75, 3.05) is 0 Å². The number of carboxylic acids is 1. The van der Waals surface area contributed by atoms with E-state index in [-0.39, 0.29) is 12.3 Å². The maximum absolute atomic E-state index is 10.8. The van der Waals surface area contributed by atoms with E-state index in [1.54, 1.807) is 6.20 Å². The van der Waals surface area contributed by atoms with Crippen molar-refractivity contribution >= 4 is 17.3 Å². The molecule has 25 heavy (non-hydrogen) atoms. The predicted octanol–water partition coefficient (Wildman–Crippen LogP) is 3.03. The molecule has 2 heterocycles. The summed E-state index contributed by atoms with van der Waals surface area (Å²) >= 11 is 1.28. The average molecular weight is 358 g/mol. The molecule has 130 valence electrons. The van der Waals surface area contributed by atoms with Gasteiger partial charge in [0, 0.05) is 18.1 Å². The van der Waals surface area contributed by atoms with Crippen LogP contribution in [0.5, 0.6) is 5.75 Å². The minimum Gasteiger partial charge on any atom is -0.486 e. The third kappa shape index (κ3) is 5.12. The molecule has 0 saturated heterocycles. The fourth-order valence-electron chi connectivity index (χ4n) is 2.33. The quantitative estimate of drug-likeness (QED) is 0.591. The maximum Gasteiger partial charge on any atom is 0.355 e. The SMILES string of the molecule is O=C(O)c1csc(COc2ccc(CCCCn3ccnn3)cc2)n1. The molecule has 0 amide bonds.